The van der Waals surface area contributed by atoms with Crippen LogP contribution in [-0.2, 0) is 20.7 Å². The van der Waals surface area contributed by atoms with Crippen LogP contribution < -0.4 is 10.6 Å². The van der Waals surface area contributed by atoms with Crippen LogP contribution in [0.15, 0.2) is 42.5 Å². The van der Waals surface area contributed by atoms with E-state index in [1.54, 1.807) is 23.1 Å². The van der Waals surface area contributed by atoms with Gasteiger partial charge >= 0.3 is 5.97 Å². The van der Waals surface area contributed by atoms with E-state index in [0.29, 0.717) is 11.4 Å². The number of nitrogens with zero attached hydrogens (tertiary/aromatic N) is 1. The van der Waals surface area contributed by atoms with Crippen LogP contribution in [0.4, 0.5) is 5.69 Å². The van der Waals surface area contributed by atoms with Crippen molar-refractivity contribution in [1.29, 1.82) is 0 Å². The maximum Gasteiger partial charge on any atom is 0.304 e. The highest BCUT2D eigenvalue weighted by Crippen LogP contribution is 2.35. The number of hydrogen-bond acceptors (Lipinski definition) is 5. The van der Waals surface area contributed by atoms with Gasteiger partial charge in [0, 0.05) is 24.6 Å². The lowest BCUT2D eigenvalue weighted by Crippen LogP contribution is -2.32. The van der Waals surface area contributed by atoms with Gasteiger partial charge in [0.15, 0.2) is 0 Å². The van der Waals surface area contributed by atoms with Crippen LogP contribution in [0.2, 0.25) is 0 Å². The van der Waals surface area contributed by atoms with E-state index < -0.39 is 17.3 Å². The second-order valence-corrected chi connectivity index (χ2v) is 8.09. The Morgan fingerprint density at radius 1 is 1.23 bits per heavy atom. The molecule has 1 saturated heterocycles. The molecule has 0 aromatic heterocycles. The van der Waals surface area contributed by atoms with Crippen LogP contribution in [0.3, 0.4) is 0 Å². The third-order valence-electron chi connectivity index (χ3n) is 4.87. The Morgan fingerprint density at radius 2 is 2.00 bits per heavy atom. The van der Waals surface area contributed by atoms with E-state index in [1.165, 1.54) is 18.7 Å². The minimum atomic E-state index is -0.816. The molecule has 6 nitrogen and oxygen atoms in total. The summed E-state index contributed by atoms with van der Waals surface area (Å²) in [5.74, 6) is 5.19. The van der Waals surface area contributed by atoms with Gasteiger partial charge < -0.3 is 10.5 Å². The standard InChI is InChI=1S/C24H24N2O4S/c1-3-4-5-6-8-19-13-18(17-9-7-10-20(14-17)22(25)28)11-12-21(19)26-15-31-24(23(26)29)30-16(2)27/h7,9-14,24H,5-6,8,15H2,1-2H3,(H2,25,28). The van der Waals surface area contributed by atoms with E-state index in [0.717, 1.165) is 41.6 Å². The molecular weight excluding hydrogens is 412 g/mol. The molecule has 0 radical (unpaired) electrons. The van der Waals surface area contributed by atoms with Crippen molar-refractivity contribution >= 4 is 35.2 Å². The van der Waals surface area contributed by atoms with Gasteiger partial charge in [0.2, 0.25) is 11.3 Å². The number of rotatable bonds is 7. The molecule has 7 heteroatoms. The van der Waals surface area contributed by atoms with Crippen LogP contribution in [0.25, 0.3) is 11.1 Å². The Bertz CT molecular complexity index is 1070. The zero-order chi connectivity index (χ0) is 22.4. The molecule has 1 heterocycles. The zero-order valence-corrected chi connectivity index (χ0v) is 18.3. The molecule has 1 unspecified atom stereocenters. The van der Waals surface area contributed by atoms with Crippen molar-refractivity contribution < 1.29 is 19.1 Å². The number of anilines is 1. The molecule has 1 atom stereocenters. The average molecular weight is 437 g/mol. The molecule has 2 amide bonds. The number of nitrogens with two attached hydrogens (primary N) is 1. The van der Waals surface area contributed by atoms with E-state index in [-0.39, 0.29) is 5.91 Å². The maximum atomic E-state index is 12.8. The van der Waals surface area contributed by atoms with Gasteiger partial charge in [-0.15, -0.1) is 11.8 Å². The summed E-state index contributed by atoms with van der Waals surface area (Å²) in [4.78, 5) is 37.3. The van der Waals surface area contributed by atoms with Crippen LogP contribution in [0, 0.1) is 11.8 Å². The first-order chi connectivity index (χ1) is 14.9. The van der Waals surface area contributed by atoms with E-state index in [9.17, 15) is 14.4 Å². The number of carbonyl (C=O) groups is 3. The first-order valence-electron chi connectivity index (χ1n) is 9.93. The van der Waals surface area contributed by atoms with Crippen molar-refractivity contribution in [2.75, 3.05) is 10.8 Å². The molecular formula is C24H24N2O4S. The van der Waals surface area contributed by atoms with Crippen molar-refractivity contribution in [2.45, 2.75) is 38.5 Å². The predicted octanol–water partition coefficient (Wildman–Crippen LogP) is 3.73. The SMILES string of the molecule is CC#CCCCc1cc(-c2cccc(C(N)=O)c2)ccc1N1CSC(OC(C)=O)C1=O. The molecule has 2 aromatic rings. The molecule has 31 heavy (non-hydrogen) atoms. The second-order valence-electron chi connectivity index (χ2n) is 7.07. The normalized spacial score (nSPS) is 15.4. The molecule has 1 aliphatic rings. The number of carbonyl (C=O) groups excluding carboxylic acids is 3. The van der Waals surface area contributed by atoms with Crippen molar-refractivity contribution in [1.82, 2.24) is 0 Å². The molecule has 160 valence electrons. The van der Waals surface area contributed by atoms with Gasteiger partial charge in [0.25, 0.3) is 5.91 Å². The quantitative estimate of drug-likeness (QED) is 0.406. The van der Waals surface area contributed by atoms with E-state index in [1.807, 2.05) is 31.2 Å². The first kappa shape index (κ1) is 22.4. The maximum absolute atomic E-state index is 12.8. The molecule has 0 saturated carbocycles. The first-order valence-corrected chi connectivity index (χ1v) is 11.0. The van der Waals surface area contributed by atoms with Crippen LogP contribution in [-0.4, -0.2) is 29.1 Å². The summed E-state index contributed by atoms with van der Waals surface area (Å²) in [5, 5.41) is 0. The van der Waals surface area contributed by atoms with Gasteiger partial charge in [-0.3, -0.25) is 19.3 Å². The number of benzene rings is 2. The highest BCUT2D eigenvalue weighted by Gasteiger charge is 2.36. The number of ether oxygens (including phenoxy) is 1. The predicted molar refractivity (Wildman–Crippen MR) is 122 cm³/mol. The van der Waals surface area contributed by atoms with Gasteiger partial charge in [0.1, 0.15) is 0 Å². The van der Waals surface area contributed by atoms with Gasteiger partial charge in [-0.2, -0.15) is 0 Å². The molecule has 0 spiro atoms. The Labute approximate surface area is 186 Å². The molecule has 1 fully saturated rings. The van der Waals surface area contributed by atoms with Crippen molar-refractivity contribution in [2.24, 2.45) is 5.73 Å². The summed E-state index contributed by atoms with van der Waals surface area (Å²) in [6.07, 6.45) is 2.34. The molecule has 0 bridgehead atoms. The third kappa shape index (κ3) is 5.47. The second kappa shape index (κ2) is 10.2. The summed E-state index contributed by atoms with van der Waals surface area (Å²) < 4.78 is 5.13. The highest BCUT2D eigenvalue weighted by atomic mass is 32.2. The third-order valence-corrected chi connectivity index (χ3v) is 5.88. The Morgan fingerprint density at radius 3 is 2.71 bits per heavy atom. The monoisotopic (exact) mass is 436 g/mol. The lowest BCUT2D eigenvalue weighted by atomic mass is 9.97. The van der Waals surface area contributed by atoms with Crippen molar-refractivity contribution in [3.8, 4) is 23.0 Å². The van der Waals surface area contributed by atoms with Crippen LogP contribution >= 0.6 is 11.8 Å². The summed E-state index contributed by atoms with van der Waals surface area (Å²) in [5.41, 5.74) is 8.64. The van der Waals surface area contributed by atoms with Gasteiger partial charge in [0.05, 0.1) is 5.88 Å². The largest absolute Gasteiger partial charge is 0.441 e. The molecule has 3 rings (SSSR count). The Hall–Kier alpha value is -3.24. The molecule has 0 aliphatic carbocycles. The lowest BCUT2D eigenvalue weighted by Gasteiger charge is -2.20. The fraction of sp³-hybridized carbons (Fsp3) is 0.292. The smallest absolute Gasteiger partial charge is 0.304 e. The van der Waals surface area contributed by atoms with Crippen LogP contribution in [0.5, 0.6) is 0 Å². The van der Waals surface area contributed by atoms with E-state index >= 15 is 0 Å². The Balaban J connectivity index is 1.94. The number of thioether (sulfide) groups is 1. The topological polar surface area (TPSA) is 89.7 Å². The minimum absolute atomic E-state index is 0.238. The van der Waals surface area contributed by atoms with Crippen LogP contribution in [0.1, 0.15) is 42.6 Å². The molecule has 2 aromatic carbocycles. The number of esters is 1. The highest BCUT2D eigenvalue weighted by molar-refractivity contribution is 8.01. The number of primary amides is 1. The zero-order valence-electron chi connectivity index (χ0n) is 17.5. The number of amides is 2. The van der Waals surface area contributed by atoms with Gasteiger partial charge in [-0.25, -0.2) is 0 Å². The number of unbranched alkanes of at least 4 members (excludes halogenated alkanes) is 1. The summed E-state index contributed by atoms with van der Waals surface area (Å²) >= 11 is 1.29. The number of aryl methyl sites for hydroxylation is 1. The summed E-state index contributed by atoms with van der Waals surface area (Å²) in [7, 11) is 0. The fourth-order valence-corrected chi connectivity index (χ4v) is 4.42. The summed E-state index contributed by atoms with van der Waals surface area (Å²) in [6.45, 7) is 3.11. The fourth-order valence-electron chi connectivity index (χ4n) is 3.40. The van der Waals surface area contributed by atoms with Gasteiger partial charge in [-0.05, 0) is 60.7 Å². The Kier molecular flexibility index (Phi) is 7.37. The molecule has 2 N–H and O–H groups in total. The van der Waals surface area contributed by atoms with E-state index in [4.69, 9.17) is 10.5 Å². The lowest BCUT2D eigenvalue weighted by molar-refractivity contribution is -0.147. The van der Waals surface area contributed by atoms with E-state index in [2.05, 4.69) is 11.8 Å². The van der Waals surface area contributed by atoms with Crippen molar-refractivity contribution in [3.05, 3.63) is 53.6 Å². The average Bonchev–Trinajstić information content (AvgIpc) is 3.10. The van der Waals surface area contributed by atoms with Gasteiger partial charge in [-0.1, -0.05) is 30.0 Å². The minimum Gasteiger partial charge on any atom is -0.441 e. The number of hydrogen-bond donors (Lipinski definition) is 1. The molecule has 1 aliphatic heterocycles. The summed E-state index contributed by atoms with van der Waals surface area (Å²) in [6, 6.07) is 13.0. The van der Waals surface area contributed by atoms with Crippen molar-refractivity contribution in [3.63, 3.8) is 0 Å².